The smallest absolute Gasteiger partial charge is 0.337 e. The van der Waals surface area contributed by atoms with Crippen LogP contribution in [0.25, 0.3) is 0 Å². The van der Waals surface area contributed by atoms with E-state index >= 15 is 0 Å². The van der Waals surface area contributed by atoms with E-state index < -0.39 is 71.9 Å². The normalized spacial score (nSPS) is 23.9. The van der Waals surface area contributed by atoms with Gasteiger partial charge in [-0.25, -0.2) is 29.9 Å². The van der Waals surface area contributed by atoms with Crippen molar-refractivity contribution < 1.29 is 56.8 Å². The topological polar surface area (TPSA) is 91.8 Å². The average molecular weight is 689 g/mol. The number of alkyl halides is 7. The molecule has 2 heterocycles. The number of amides is 1. The van der Waals surface area contributed by atoms with E-state index in [2.05, 4.69) is 0 Å². The van der Waals surface area contributed by atoms with Crippen molar-refractivity contribution in [3.63, 3.8) is 0 Å². The first-order valence-electron chi connectivity index (χ1n) is 13.9. The molecule has 248 valence electrons. The van der Waals surface area contributed by atoms with Crippen LogP contribution in [0.5, 0.6) is 0 Å². The van der Waals surface area contributed by atoms with Crippen molar-refractivity contribution in [1.82, 2.24) is 9.21 Å². The SMILES string of the molecule is CS(=O)(=O)N1CCC(C(=O)N2CC[C@@]3(S(=O)(=O)c4ccc(F)cc4)c4ccc(C(F)(C(F)(F)F)C(F)(F)F)cc4CC[C@@H]23)CC1. The molecule has 2 aromatic carbocycles. The molecule has 45 heavy (non-hydrogen) atoms. The van der Waals surface area contributed by atoms with Crippen molar-refractivity contribution in [1.29, 1.82) is 0 Å². The highest BCUT2D eigenvalue weighted by molar-refractivity contribution is 7.92. The molecule has 0 bridgehead atoms. The van der Waals surface area contributed by atoms with Gasteiger partial charge in [-0.2, -0.15) is 26.3 Å². The summed E-state index contributed by atoms with van der Waals surface area (Å²) in [4.78, 5) is 14.7. The van der Waals surface area contributed by atoms with Crippen molar-refractivity contribution >= 4 is 25.8 Å². The summed E-state index contributed by atoms with van der Waals surface area (Å²) in [7, 11) is -8.11. The standard InChI is InChI=1S/C28H28F8N2O5S2/c1-44(40,41)37-13-10-17(11-14-37)24(39)38-15-12-25(45(42,43)21-6-4-20(29)5-7-21)22-8-3-19(16-18(22)2-9-23(25)38)26(30,27(31,32)33)28(34,35)36/h3-8,16-17,23H,2,9-15H2,1H3/t23-,25-/m1/s1. The lowest BCUT2D eigenvalue weighted by Gasteiger charge is -2.44. The van der Waals surface area contributed by atoms with E-state index in [1.54, 1.807) is 0 Å². The Morgan fingerprint density at radius 3 is 1.96 bits per heavy atom. The fourth-order valence-corrected chi connectivity index (χ4v) is 10.2. The third-order valence-corrected chi connectivity index (χ3v) is 13.1. The molecule has 0 spiro atoms. The molecule has 3 aliphatic rings. The minimum absolute atomic E-state index is 0.0573. The summed E-state index contributed by atoms with van der Waals surface area (Å²) in [6, 6.07) is 4.00. The zero-order valence-corrected chi connectivity index (χ0v) is 25.3. The summed E-state index contributed by atoms with van der Waals surface area (Å²) in [5.41, 5.74) is -7.90. The number of rotatable bonds is 5. The van der Waals surface area contributed by atoms with Gasteiger partial charge in [0.1, 0.15) is 10.6 Å². The minimum Gasteiger partial charge on any atom is -0.337 e. The molecule has 0 radical (unpaired) electrons. The number of nitrogens with zero attached hydrogens (tertiary/aromatic N) is 2. The first-order valence-corrected chi connectivity index (χ1v) is 17.2. The van der Waals surface area contributed by atoms with Gasteiger partial charge in [0, 0.05) is 31.1 Å². The number of piperidine rings is 1. The summed E-state index contributed by atoms with van der Waals surface area (Å²) in [5, 5.41) is 0. The Kier molecular flexibility index (Phi) is 8.13. The van der Waals surface area contributed by atoms with Gasteiger partial charge in [-0.3, -0.25) is 4.79 Å². The number of fused-ring (bicyclic) bond motifs is 3. The van der Waals surface area contributed by atoms with Gasteiger partial charge in [0.05, 0.1) is 17.2 Å². The number of benzene rings is 2. The van der Waals surface area contributed by atoms with Gasteiger partial charge in [-0.15, -0.1) is 0 Å². The van der Waals surface area contributed by atoms with Crippen LogP contribution in [-0.4, -0.2) is 76.2 Å². The summed E-state index contributed by atoms with van der Waals surface area (Å²) >= 11 is 0. The quantitative estimate of drug-likeness (QED) is 0.326. The first kappa shape index (κ1) is 33.6. The van der Waals surface area contributed by atoms with Gasteiger partial charge in [-0.1, -0.05) is 18.2 Å². The summed E-state index contributed by atoms with van der Waals surface area (Å²) in [6.07, 6.45) is -12.2. The molecule has 2 aliphatic heterocycles. The molecular formula is C28H28F8N2O5S2. The van der Waals surface area contributed by atoms with Gasteiger partial charge in [0.25, 0.3) is 0 Å². The van der Waals surface area contributed by atoms with Crippen LogP contribution in [0, 0.1) is 11.7 Å². The van der Waals surface area contributed by atoms with E-state index in [0.29, 0.717) is 6.07 Å². The Balaban J connectivity index is 1.61. The van der Waals surface area contributed by atoms with Crippen LogP contribution >= 0.6 is 0 Å². The molecule has 2 saturated heterocycles. The van der Waals surface area contributed by atoms with Crippen molar-refractivity contribution in [3.8, 4) is 0 Å². The number of aryl methyl sites for hydroxylation is 1. The predicted molar refractivity (Wildman–Crippen MR) is 144 cm³/mol. The maximum Gasteiger partial charge on any atom is 0.435 e. The fraction of sp³-hybridized carbons (Fsp3) is 0.536. The molecule has 0 N–H and O–H groups in total. The number of carbonyl (C=O) groups excluding carboxylic acids is 1. The Bertz CT molecular complexity index is 1690. The Hall–Kier alpha value is -2.79. The Morgan fingerprint density at radius 1 is 0.844 bits per heavy atom. The molecule has 2 fully saturated rings. The molecule has 7 nitrogen and oxygen atoms in total. The number of sulfonamides is 1. The van der Waals surface area contributed by atoms with Crippen LogP contribution < -0.4 is 0 Å². The van der Waals surface area contributed by atoms with Gasteiger partial charge < -0.3 is 4.90 Å². The second-order valence-electron chi connectivity index (χ2n) is 11.6. The van der Waals surface area contributed by atoms with Gasteiger partial charge in [0.15, 0.2) is 9.84 Å². The van der Waals surface area contributed by atoms with E-state index in [1.165, 1.54) is 9.21 Å². The van der Waals surface area contributed by atoms with Crippen molar-refractivity contribution in [2.75, 3.05) is 25.9 Å². The highest BCUT2D eigenvalue weighted by atomic mass is 32.2. The minimum atomic E-state index is -6.38. The average Bonchev–Trinajstić information content (AvgIpc) is 3.36. The molecule has 0 aromatic heterocycles. The highest BCUT2D eigenvalue weighted by Crippen LogP contribution is 2.57. The molecule has 5 rings (SSSR count). The molecule has 0 unspecified atom stereocenters. The third-order valence-electron chi connectivity index (χ3n) is 9.22. The van der Waals surface area contributed by atoms with Gasteiger partial charge in [0.2, 0.25) is 15.9 Å². The lowest BCUT2D eigenvalue weighted by Crippen LogP contribution is -2.54. The van der Waals surface area contributed by atoms with Gasteiger partial charge in [-0.05, 0) is 67.5 Å². The number of sulfone groups is 1. The predicted octanol–water partition coefficient (Wildman–Crippen LogP) is 5.00. The van der Waals surface area contributed by atoms with Crippen LogP contribution in [0.4, 0.5) is 35.1 Å². The van der Waals surface area contributed by atoms with E-state index in [9.17, 15) is 56.8 Å². The molecule has 1 aliphatic carbocycles. The maximum atomic E-state index is 15.0. The third kappa shape index (κ3) is 5.22. The molecule has 2 aromatic rings. The zero-order valence-electron chi connectivity index (χ0n) is 23.6. The van der Waals surface area contributed by atoms with E-state index in [-0.39, 0.29) is 73.8 Å². The van der Waals surface area contributed by atoms with Crippen LogP contribution in [0.3, 0.4) is 0 Å². The largest absolute Gasteiger partial charge is 0.435 e. The number of likely N-dealkylation sites (tertiary alicyclic amines) is 1. The molecule has 2 atom stereocenters. The van der Waals surface area contributed by atoms with Crippen LogP contribution in [0.1, 0.15) is 42.4 Å². The Morgan fingerprint density at radius 2 is 1.42 bits per heavy atom. The van der Waals surface area contributed by atoms with Gasteiger partial charge >= 0.3 is 18.0 Å². The molecule has 0 saturated carbocycles. The molecule has 1 amide bonds. The van der Waals surface area contributed by atoms with Crippen molar-refractivity contribution in [2.45, 2.75) is 65.8 Å². The maximum absolute atomic E-state index is 15.0. The van der Waals surface area contributed by atoms with E-state index in [4.69, 9.17) is 0 Å². The summed E-state index contributed by atoms with van der Waals surface area (Å²) < 4.78 is 162. The Labute approximate surface area is 254 Å². The van der Waals surface area contributed by atoms with Crippen LogP contribution in [-0.2, 0) is 41.5 Å². The summed E-state index contributed by atoms with van der Waals surface area (Å²) in [5.74, 6) is -1.89. The second kappa shape index (κ2) is 10.9. The van der Waals surface area contributed by atoms with Crippen molar-refractivity contribution in [3.05, 3.63) is 65.0 Å². The monoisotopic (exact) mass is 688 g/mol. The van der Waals surface area contributed by atoms with E-state index in [0.717, 1.165) is 36.6 Å². The molecule has 17 heteroatoms. The lowest BCUT2D eigenvalue weighted by atomic mass is 9.76. The highest BCUT2D eigenvalue weighted by Gasteiger charge is 2.74. The lowest BCUT2D eigenvalue weighted by molar-refractivity contribution is -0.348. The first-order chi connectivity index (χ1) is 20.7. The fourth-order valence-electron chi connectivity index (χ4n) is 6.99. The number of carbonyl (C=O) groups is 1. The summed E-state index contributed by atoms with van der Waals surface area (Å²) in [6.45, 7) is -0.0287. The molecular weight excluding hydrogens is 660 g/mol. The number of hydrogen-bond donors (Lipinski definition) is 0. The zero-order chi connectivity index (χ0) is 33.4. The number of hydrogen-bond acceptors (Lipinski definition) is 5. The van der Waals surface area contributed by atoms with E-state index in [1.807, 2.05) is 0 Å². The van der Waals surface area contributed by atoms with Crippen LogP contribution in [0.15, 0.2) is 47.4 Å². The number of halogens is 8. The van der Waals surface area contributed by atoms with Crippen LogP contribution in [0.2, 0.25) is 0 Å². The second-order valence-corrected chi connectivity index (χ2v) is 15.8. The van der Waals surface area contributed by atoms with Crippen molar-refractivity contribution in [2.24, 2.45) is 5.92 Å².